The summed E-state index contributed by atoms with van der Waals surface area (Å²) < 4.78 is 7.18. The van der Waals surface area contributed by atoms with Gasteiger partial charge in [0.2, 0.25) is 0 Å². The molecule has 1 saturated heterocycles. The average Bonchev–Trinajstić information content (AvgIpc) is 3.01. The molecule has 1 aromatic heterocycles. The zero-order valence-corrected chi connectivity index (χ0v) is 12.5. The lowest BCUT2D eigenvalue weighted by Gasteiger charge is -2.35. The van der Waals surface area contributed by atoms with E-state index in [1.54, 1.807) is 9.58 Å². The summed E-state index contributed by atoms with van der Waals surface area (Å²) in [6.07, 6.45) is 1.62. The molecule has 22 heavy (non-hydrogen) atoms. The molecular formula is C14H18N6O2. The topological polar surface area (TPSA) is 85.2 Å². The van der Waals surface area contributed by atoms with E-state index in [9.17, 15) is 4.79 Å². The number of amides is 2. The summed E-state index contributed by atoms with van der Waals surface area (Å²) in [6, 6.07) is 7.22. The molecule has 1 aliphatic rings. The van der Waals surface area contributed by atoms with Gasteiger partial charge in [-0.3, -0.25) is 0 Å². The first-order chi connectivity index (χ1) is 10.6. The van der Waals surface area contributed by atoms with Gasteiger partial charge in [0.1, 0.15) is 6.33 Å². The summed E-state index contributed by atoms with van der Waals surface area (Å²) in [5.41, 5.74) is 1.56. The minimum atomic E-state index is -0.114. The molecule has 0 spiro atoms. The van der Waals surface area contributed by atoms with Crippen LogP contribution in [-0.2, 0) is 4.74 Å². The molecular weight excluding hydrogens is 284 g/mol. The van der Waals surface area contributed by atoms with Crippen LogP contribution in [0.15, 0.2) is 30.6 Å². The van der Waals surface area contributed by atoms with Crippen LogP contribution in [0.4, 0.5) is 10.5 Å². The van der Waals surface area contributed by atoms with Gasteiger partial charge in [-0.25, -0.2) is 9.48 Å². The fourth-order valence-electron chi connectivity index (χ4n) is 2.52. The minimum absolute atomic E-state index is 0.0525. The van der Waals surface area contributed by atoms with Gasteiger partial charge in [0.05, 0.1) is 17.9 Å². The van der Waals surface area contributed by atoms with Gasteiger partial charge >= 0.3 is 6.03 Å². The summed E-state index contributed by atoms with van der Waals surface area (Å²) in [5.74, 6) is 0. The number of anilines is 1. The lowest BCUT2D eigenvalue weighted by Crippen LogP contribution is -2.49. The van der Waals surface area contributed by atoms with Crippen molar-refractivity contribution in [2.75, 3.05) is 18.4 Å². The SMILES string of the molecule is C[C@@H]1CN(C(=O)Nc2ccc(-n3cnnn3)cc2)C[C@@H](C)O1. The number of morpholine rings is 1. The van der Waals surface area contributed by atoms with E-state index in [1.165, 1.54) is 6.33 Å². The molecule has 2 heterocycles. The van der Waals surface area contributed by atoms with Crippen molar-refractivity contribution in [2.45, 2.75) is 26.1 Å². The van der Waals surface area contributed by atoms with Crippen molar-refractivity contribution in [3.63, 3.8) is 0 Å². The van der Waals surface area contributed by atoms with Crippen LogP contribution in [-0.4, -0.2) is 56.4 Å². The van der Waals surface area contributed by atoms with Crippen molar-refractivity contribution >= 4 is 11.7 Å². The standard InChI is InChI=1S/C14H18N6O2/c1-10-7-19(8-11(2)22-10)14(21)16-12-3-5-13(6-4-12)20-9-15-17-18-20/h3-6,9-11H,7-8H2,1-2H3,(H,16,21)/t10-,11-/m1/s1. The Labute approximate surface area is 128 Å². The zero-order valence-electron chi connectivity index (χ0n) is 12.5. The van der Waals surface area contributed by atoms with Gasteiger partial charge in [-0.1, -0.05) is 0 Å². The number of hydrogen-bond acceptors (Lipinski definition) is 5. The molecule has 1 fully saturated rings. The van der Waals surface area contributed by atoms with Crippen LogP contribution < -0.4 is 5.32 Å². The maximum Gasteiger partial charge on any atom is 0.322 e. The number of nitrogens with one attached hydrogen (secondary N) is 1. The van der Waals surface area contributed by atoms with Gasteiger partial charge in [-0.05, 0) is 48.5 Å². The number of nitrogens with zero attached hydrogens (tertiary/aromatic N) is 5. The number of tetrazole rings is 1. The third-order valence-corrected chi connectivity index (χ3v) is 3.44. The number of aromatic nitrogens is 4. The Morgan fingerprint density at radius 1 is 1.23 bits per heavy atom. The predicted molar refractivity (Wildman–Crippen MR) is 79.8 cm³/mol. The van der Waals surface area contributed by atoms with E-state index < -0.39 is 0 Å². The number of carbonyl (C=O) groups is 1. The second kappa shape index (κ2) is 6.10. The second-order valence-corrected chi connectivity index (χ2v) is 5.39. The zero-order chi connectivity index (χ0) is 15.5. The molecule has 1 aliphatic heterocycles. The lowest BCUT2D eigenvalue weighted by atomic mass is 10.2. The van der Waals surface area contributed by atoms with E-state index in [0.717, 1.165) is 11.4 Å². The van der Waals surface area contributed by atoms with Gasteiger partial charge in [-0.2, -0.15) is 0 Å². The summed E-state index contributed by atoms with van der Waals surface area (Å²) in [5, 5.41) is 13.9. The highest BCUT2D eigenvalue weighted by molar-refractivity contribution is 5.89. The highest BCUT2D eigenvalue weighted by Gasteiger charge is 2.25. The Morgan fingerprint density at radius 3 is 2.50 bits per heavy atom. The molecule has 0 saturated carbocycles. The molecule has 0 radical (unpaired) electrons. The van der Waals surface area contributed by atoms with Crippen molar-refractivity contribution in [1.82, 2.24) is 25.1 Å². The molecule has 0 bridgehead atoms. The molecule has 8 heteroatoms. The summed E-state index contributed by atoms with van der Waals surface area (Å²) in [4.78, 5) is 14.1. The molecule has 2 amide bonds. The van der Waals surface area contributed by atoms with Crippen LogP contribution in [0.2, 0.25) is 0 Å². The Bertz CT molecular complexity index is 617. The molecule has 1 aromatic carbocycles. The van der Waals surface area contributed by atoms with E-state index in [4.69, 9.17) is 4.74 Å². The first-order valence-corrected chi connectivity index (χ1v) is 7.16. The smallest absolute Gasteiger partial charge is 0.322 e. The van der Waals surface area contributed by atoms with E-state index in [0.29, 0.717) is 13.1 Å². The maximum atomic E-state index is 12.3. The fourth-order valence-corrected chi connectivity index (χ4v) is 2.52. The highest BCUT2D eigenvalue weighted by atomic mass is 16.5. The van der Waals surface area contributed by atoms with E-state index in [1.807, 2.05) is 38.1 Å². The highest BCUT2D eigenvalue weighted by Crippen LogP contribution is 2.15. The third kappa shape index (κ3) is 3.22. The summed E-state index contributed by atoms with van der Waals surface area (Å²) in [7, 11) is 0. The molecule has 1 N–H and O–H groups in total. The Balaban J connectivity index is 1.64. The van der Waals surface area contributed by atoms with Crippen molar-refractivity contribution < 1.29 is 9.53 Å². The van der Waals surface area contributed by atoms with E-state index in [-0.39, 0.29) is 18.2 Å². The number of carbonyl (C=O) groups excluding carboxylic acids is 1. The third-order valence-electron chi connectivity index (χ3n) is 3.44. The first kappa shape index (κ1) is 14.5. The van der Waals surface area contributed by atoms with Crippen molar-refractivity contribution in [3.8, 4) is 5.69 Å². The van der Waals surface area contributed by atoms with Crippen LogP contribution in [0.3, 0.4) is 0 Å². The Hall–Kier alpha value is -2.48. The summed E-state index contributed by atoms with van der Waals surface area (Å²) in [6.45, 7) is 5.13. The molecule has 0 aliphatic carbocycles. The van der Waals surface area contributed by atoms with Crippen LogP contribution >= 0.6 is 0 Å². The quantitative estimate of drug-likeness (QED) is 0.904. The minimum Gasteiger partial charge on any atom is -0.372 e. The lowest BCUT2D eigenvalue weighted by molar-refractivity contribution is -0.0530. The van der Waals surface area contributed by atoms with Crippen molar-refractivity contribution in [3.05, 3.63) is 30.6 Å². The van der Waals surface area contributed by atoms with E-state index >= 15 is 0 Å². The van der Waals surface area contributed by atoms with Gasteiger partial charge < -0.3 is 15.0 Å². The van der Waals surface area contributed by atoms with Crippen molar-refractivity contribution in [1.29, 1.82) is 0 Å². The first-order valence-electron chi connectivity index (χ1n) is 7.16. The monoisotopic (exact) mass is 302 g/mol. The molecule has 2 atom stereocenters. The fraction of sp³-hybridized carbons (Fsp3) is 0.429. The average molecular weight is 302 g/mol. The van der Waals surface area contributed by atoms with Gasteiger partial charge in [0.25, 0.3) is 0 Å². The molecule has 2 aromatic rings. The molecule has 0 unspecified atom stereocenters. The van der Waals surface area contributed by atoms with Crippen molar-refractivity contribution in [2.24, 2.45) is 0 Å². The Morgan fingerprint density at radius 2 is 1.91 bits per heavy atom. The number of ether oxygens (including phenoxy) is 1. The molecule has 3 rings (SSSR count). The van der Waals surface area contributed by atoms with Crippen LogP contribution in [0.5, 0.6) is 0 Å². The van der Waals surface area contributed by atoms with Crippen LogP contribution in [0, 0.1) is 0 Å². The molecule has 8 nitrogen and oxygen atoms in total. The van der Waals surface area contributed by atoms with Gasteiger partial charge in [-0.15, -0.1) is 5.10 Å². The second-order valence-electron chi connectivity index (χ2n) is 5.39. The number of rotatable bonds is 2. The van der Waals surface area contributed by atoms with Gasteiger partial charge in [0.15, 0.2) is 0 Å². The normalized spacial score (nSPS) is 21.6. The van der Waals surface area contributed by atoms with Crippen LogP contribution in [0.25, 0.3) is 5.69 Å². The predicted octanol–water partition coefficient (Wildman–Crippen LogP) is 1.30. The Kier molecular flexibility index (Phi) is 4.01. The van der Waals surface area contributed by atoms with Crippen LogP contribution in [0.1, 0.15) is 13.8 Å². The number of benzene rings is 1. The van der Waals surface area contributed by atoms with E-state index in [2.05, 4.69) is 20.8 Å². The molecule has 116 valence electrons. The summed E-state index contributed by atoms with van der Waals surface area (Å²) >= 11 is 0. The number of urea groups is 1. The number of hydrogen-bond donors (Lipinski definition) is 1. The largest absolute Gasteiger partial charge is 0.372 e. The maximum absolute atomic E-state index is 12.3. The van der Waals surface area contributed by atoms with Gasteiger partial charge in [0, 0.05) is 18.8 Å².